The minimum Gasteiger partial charge on any atom is -0.480 e. The number of carbonyl (C=O) groups is 2. The Morgan fingerprint density at radius 2 is 1.86 bits per heavy atom. The van der Waals surface area contributed by atoms with Crippen molar-refractivity contribution in [3.8, 4) is 11.8 Å². The van der Waals surface area contributed by atoms with E-state index in [1.165, 1.54) is 6.92 Å². The number of hydrogen-bond acceptors (Lipinski definition) is 3. The lowest BCUT2D eigenvalue weighted by atomic mass is 10.1. The molecule has 0 bridgehead atoms. The van der Waals surface area contributed by atoms with Gasteiger partial charge in [-0.3, -0.25) is 9.59 Å². The summed E-state index contributed by atoms with van der Waals surface area (Å²) in [6.45, 7) is 6.48. The molecule has 0 spiro atoms. The molecule has 1 unspecified atom stereocenters. The van der Waals surface area contributed by atoms with Crippen LogP contribution in [0.15, 0.2) is 0 Å². The van der Waals surface area contributed by atoms with Gasteiger partial charge in [0.25, 0.3) is 0 Å². The maximum Gasteiger partial charge on any atom is 0.333 e. The van der Waals surface area contributed by atoms with E-state index in [-0.39, 0.29) is 0 Å². The SMILES string of the molecule is CC#CC(C(=O)O)C(=O)OC(C)(C)C. The van der Waals surface area contributed by atoms with Crippen molar-refractivity contribution in [3.63, 3.8) is 0 Å². The summed E-state index contributed by atoms with van der Waals surface area (Å²) in [7, 11) is 0. The molecule has 0 radical (unpaired) electrons. The minimum absolute atomic E-state index is 0.694. The van der Waals surface area contributed by atoms with Crippen LogP contribution >= 0.6 is 0 Å². The van der Waals surface area contributed by atoms with E-state index in [0.717, 1.165) is 0 Å². The van der Waals surface area contributed by atoms with E-state index in [1.807, 2.05) is 0 Å². The number of aliphatic carboxylic acids is 1. The van der Waals surface area contributed by atoms with Gasteiger partial charge in [0, 0.05) is 0 Å². The molecule has 1 atom stereocenters. The first-order valence-corrected chi connectivity index (χ1v) is 4.16. The van der Waals surface area contributed by atoms with Crippen LogP contribution in [0.2, 0.25) is 0 Å². The average molecular weight is 198 g/mol. The standard InChI is InChI=1S/C10H14O4/c1-5-6-7(8(11)12)9(13)14-10(2,3)4/h7H,1-4H3,(H,11,12). The highest BCUT2D eigenvalue weighted by molar-refractivity contribution is 5.97. The summed E-state index contributed by atoms with van der Waals surface area (Å²) in [4.78, 5) is 21.9. The molecule has 0 heterocycles. The average Bonchev–Trinajstić information content (AvgIpc) is 1.95. The quantitative estimate of drug-likeness (QED) is 0.409. The van der Waals surface area contributed by atoms with Crippen LogP contribution in [0.3, 0.4) is 0 Å². The largest absolute Gasteiger partial charge is 0.480 e. The van der Waals surface area contributed by atoms with Gasteiger partial charge in [-0.1, -0.05) is 5.92 Å². The van der Waals surface area contributed by atoms with E-state index in [2.05, 4.69) is 11.8 Å². The Morgan fingerprint density at radius 1 is 1.36 bits per heavy atom. The zero-order valence-electron chi connectivity index (χ0n) is 8.75. The molecule has 78 valence electrons. The van der Waals surface area contributed by atoms with Crippen molar-refractivity contribution in [3.05, 3.63) is 0 Å². The highest BCUT2D eigenvalue weighted by Gasteiger charge is 2.29. The number of hydrogen-bond donors (Lipinski definition) is 1. The molecule has 0 saturated heterocycles. The summed E-state index contributed by atoms with van der Waals surface area (Å²) < 4.78 is 4.89. The third-order valence-electron chi connectivity index (χ3n) is 1.18. The first-order chi connectivity index (χ1) is 6.28. The number of carbonyl (C=O) groups excluding carboxylic acids is 1. The number of ether oxygens (including phenoxy) is 1. The Balaban J connectivity index is 4.60. The van der Waals surface area contributed by atoms with Crippen molar-refractivity contribution in [1.82, 2.24) is 0 Å². The van der Waals surface area contributed by atoms with Crippen molar-refractivity contribution in [2.24, 2.45) is 5.92 Å². The fourth-order valence-corrected chi connectivity index (χ4v) is 0.727. The van der Waals surface area contributed by atoms with E-state index in [1.54, 1.807) is 20.8 Å². The molecule has 0 aromatic heterocycles. The van der Waals surface area contributed by atoms with Gasteiger partial charge < -0.3 is 9.84 Å². The topological polar surface area (TPSA) is 63.6 Å². The van der Waals surface area contributed by atoms with Crippen LogP contribution in [0.5, 0.6) is 0 Å². The normalized spacial score (nSPS) is 12.3. The van der Waals surface area contributed by atoms with E-state index in [9.17, 15) is 9.59 Å². The molecule has 0 aliphatic heterocycles. The second-order valence-electron chi connectivity index (χ2n) is 3.70. The van der Waals surface area contributed by atoms with Crippen molar-refractivity contribution >= 4 is 11.9 Å². The Bertz CT molecular complexity index is 287. The third-order valence-corrected chi connectivity index (χ3v) is 1.18. The second kappa shape index (κ2) is 4.66. The Labute approximate surface area is 83.3 Å². The fraction of sp³-hybridized carbons (Fsp3) is 0.600. The molecule has 14 heavy (non-hydrogen) atoms. The summed E-state index contributed by atoms with van der Waals surface area (Å²) in [5, 5.41) is 8.67. The molecule has 0 amide bonds. The molecule has 0 aromatic carbocycles. The number of carboxylic acids is 1. The first-order valence-electron chi connectivity index (χ1n) is 4.16. The van der Waals surface area contributed by atoms with Crippen LogP contribution in [-0.4, -0.2) is 22.6 Å². The monoisotopic (exact) mass is 198 g/mol. The maximum atomic E-state index is 11.3. The predicted octanol–water partition coefficient (Wildman–Crippen LogP) is 1.05. The third kappa shape index (κ3) is 4.51. The van der Waals surface area contributed by atoms with Gasteiger partial charge in [-0.25, -0.2) is 0 Å². The van der Waals surface area contributed by atoms with Crippen LogP contribution < -0.4 is 0 Å². The number of esters is 1. The smallest absolute Gasteiger partial charge is 0.333 e. The summed E-state index contributed by atoms with van der Waals surface area (Å²) in [6, 6.07) is 0. The molecule has 4 heteroatoms. The molecule has 0 aliphatic rings. The summed E-state index contributed by atoms with van der Waals surface area (Å²) in [5.41, 5.74) is -0.694. The highest BCUT2D eigenvalue weighted by Crippen LogP contribution is 2.11. The fourth-order valence-electron chi connectivity index (χ4n) is 0.727. The zero-order valence-corrected chi connectivity index (χ0v) is 8.75. The maximum absolute atomic E-state index is 11.3. The van der Waals surface area contributed by atoms with E-state index >= 15 is 0 Å². The molecule has 1 N–H and O–H groups in total. The van der Waals surface area contributed by atoms with Gasteiger partial charge in [-0.2, -0.15) is 0 Å². The molecular weight excluding hydrogens is 184 g/mol. The second-order valence-corrected chi connectivity index (χ2v) is 3.70. The Morgan fingerprint density at radius 3 is 2.14 bits per heavy atom. The van der Waals surface area contributed by atoms with Crippen LogP contribution in [0.25, 0.3) is 0 Å². The lowest BCUT2D eigenvalue weighted by Crippen LogP contribution is -2.31. The lowest BCUT2D eigenvalue weighted by molar-refractivity contribution is -0.163. The summed E-state index contributed by atoms with van der Waals surface area (Å²) >= 11 is 0. The summed E-state index contributed by atoms with van der Waals surface area (Å²) in [6.07, 6.45) is 0. The Hall–Kier alpha value is -1.50. The van der Waals surface area contributed by atoms with Gasteiger partial charge in [0.05, 0.1) is 0 Å². The van der Waals surface area contributed by atoms with Gasteiger partial charge in [-0.15, -0.1) is 5.92 Å². The molecule has 0 saturated carbocycles. The van der Waals surface area contributed by atoms with E-state index in [0.29, 0.717) is 0 Å². The van der Waals surface area contributed by atoms with Gasteiger partial charge in [-0.05, 0) is 27.7 Å². The number of rotatable bonds is 2. The van der Waals surface area contributed by atoms with Gasteiger partial charge in [0.15, 0.2) is 0 Å². The Kier molecular flexibility index (Phi) is 4.16. The zero-order chi connectivity index (χ0) is 11.4. The van der Waals surface area contributed by atoms with Crippen LogP contribution in [0, 0.1) is 17.8 Å². The predicted molar refractivity (Wildman–Crippen MR) is 50.4 cm³/mol. The van der Waals surface area contributed by atoms with Crippen molar-refractivity contribution in [2.45, 2.75) is 33.3 Å². The van der Waals surface area contributed by atoms with E-state index < -0.39 is 23.5 Å². The molecule has 0 aromatic rings. The van der Waals surface area contributed by atoms with Gasteiger partial charge >= 0.3 is 11.9 Å². The number of carboxylic acid groups (broad SMARTS) is 1. The summed E-state index contributed by atoms with van der Waals surface area (Å²) in [5.74, 6) is 1.17. The molecule has 4 nitrogen and oxygen atoms in total. The van der Waals surface area contributed by atoms with Gasteiger partial charge in [0.1, 0.15) is 5.60 Å². The minimum atomic E-state index is -1.39. The van der Waals surface area contributed by atoms with Crippen LogP contribution in [0.1, 0.15) is 27.7 Å². The molecule has 0 aliphatic carbocycles. The lowest BCUT2D eigenvalue weighted by Gasteiger charge is -2.20. The van der Waals surface area contributed by atoms with Crippen molar-refractivity contribution in [2.75, 3.05) is 0 Å². The van der Waals surface area contributed by atoms with E-state index in [4.69, 9.17) is 9.84 Å². The van der Waals surface area contributed by atoms with Crippen molar-refractivity contribution < 1.29 is 19.4 Å². The van der Waals surface area contributed by atoms with Crippen LogP contribution in [-0.2, 0) is 14.3 Å². The van der Waals surface area contributed by atoms with Gasteiger partial charge in [0.2, 0.25) is 5.92 Å². The molecule has 0 rings (SSSR count). The van der Waals surface area contributed by atoms with Crippen LogP contribution in [0.4, 0.5) is 0 Å². The first kappa shape index (κ1) is 12.5. The molecular formula is C10H14O4. The van der Waals surface area contributed by atoms with Crippen molar-refractivity contribution in [1.29, 1.82) is 0 Å². The highest BCUT2D eigenvalue weighted by atomic mass is 16.6. The molecule has 0 fully saturated rings.